The Morgan fingerprint density at radius 2 is 1.65 bits per heavy atom. The predicted molar refractivity (Wildman–Crippen MR) is 150 cm³/mol. The molecule has 1 saturated heterocycles. The fourth-order valence-electron chi connectivity index (χ4n) is 5.57. The van der Waals surface area contributed by atoms with Gasteiger partial charge < -0.3 is 10.2 Å². The highest BCUT2D eigenvalue weighted by Gasteiger charge is 2.40. The molecular formula is C33H34N2O2. The van der Waals surface area contributed by atoms with E-state index in [1.165, 1.54) is 0 Å². The van der Waals surface area contributed by atoms with Crippen molar-refractivity contribution in [3.05, 3.63) is 120 Å². The molecule has 4 heteroatoms. The van der Waals surface area contributed by atoms with Crippen molar-refractivity contribution in [1.82, 2.24) is 10.2 Å². The van der Waals surface area contributed by atoms with E-state index in [0.29, 0.717) is 12.1 Å². The fourth-order valence-corrected chi connectivity index (χ4v) is 5.57. The summed E-state index contributed by atoms with van der Waals surface area (Å²) >= 11 is 0. The van der Waals surface area contributed by atoms with Gasteiger partial charge in [0.15, 0.2) is 0 Å². The van der Waals surface area contributed by atoms with Crippen LogP contribution in [0.3, 0.4) is 0 Å². The van der Waals surface area contributed by atoms with Crippen LogP contribution >= 0.6 is 0 Å². The second-order valence-electron chi connectivity index (χ2n) is 10.0. The van der Waals surface area contributed by atoms with Gasteiger partial charge in [0, 0.05) is 17.8 Å². The number of piperidine rings is 1. The summed E-state index contributed by atoms with van der Waals surface area (Å²) in [6, 6.07) is 23.5. The highest BCUT2D eigenvalue weighted by molar-refractivity contribution is 6.07. The van der Waals surface area contributed by atoms with E-state index in [0.717, 1.165) is 66.1 Å². The van der Waals surface area contributed by atoms with Crippen molar-refractivity contribution in [3.63, 3.8) is 0 Å². The van der Waals surface area contributed by atoms with E-state index in [-0.39, 0.29) is 23.8 Å². The van der Waals surface area contributed by atoms with E-state index < -0.39 is 0 Å². The zero-order chi connectivity index (χ0) is 25.6. The van der Waals surface area contributed by atoms with E-state index in [1.54, 1.807) is 0 Å². The standard InChI is InChI=1S/C33H34N2O2/c1-24-12-4-2-7-17-27(22-21-24)34-32(36)30-20-11-23-35(31(30)26-14-5-3-6-15-26)33(37)29-19-10-16-25-13-8-9-18-28(25)29/h3,5-6,8-10,13-19,21-22,30-31H,1-2,4,7,11-12,20,23H2,(H,34,36)/b22-21-,27-17+/t30-,31-/m0/s1. The number of hydrogen-bond acceptors (Lipinski definition) is 2. The molecule has 37 heavy (non-hydrogen) atoms. The number of nitrogens with one attached hydrogen (secondary N) is 1. The van der Waals surface area contributed by atoms with E-state index in [1.807, 2.05) is 89.8 Å². The monoisotopic (exact) mass is 490 g/mol. The van der Waals surface area contributed by atoms with Gasteiger partial charge in [0.25, 0.3) is 5.91 Å². The van der Waals surface area contributed by atoms with Crippen LogP contribution in [0.25, 0.3) is 10.8 Å². The second kappa shape index (κ2) is 11.4. The number of hydrogen-bond donors (Lipinski definition) is 1. The summed E-state index contributed by atoms with van der Waals surface area (Å²) in [5.74, 6) is -0.411. The van der Waals surface area contributed by atoms with Gasteiger partial charge in [-0.3, -0.25) is 9.59 Å². The van der Waals surface area contributed by atoms with Crippen LogP contribution in [0.5, 0.6) is 0 Å². The van der Waals surface area contributed by atoms with E-state index >= 15 is 0 Å². The first kappa shape index (κ1) is 24.8. The molecule has 4 nitrogen and oxygen atoms in total. The van der Waals surface area contributed by atoms with Gasteiger partial charge in [-0.15, -0.1) is 0 Å². The number of fused-ring (bicyclic) bond motifs is 1. The van der Waals surface area contributed by atoms with Crippen molar-refractivity contribution in [3.8, 4) is 0 Å². The van der Waals surface area contributed by atoms with Crippen molar-refractivity contribution in [1.29, 1.82) is 0 Å². The number of allylic oxidation sites excluding steroid dienone is 4. The Morgan fingerprint density at radius 1 is 0.865 bits per heavy atom. The summed E-state index contributed by atoms with van der Waals surface area (Å²) in [7, 11) is 0. The van der Waals surface area contributed by atoms with Gasteiger partial charge in [0.2, 0.25) is 5.91 Å². The largest absolute Gasteiger partial charge is 0.331 e. The van der Waals surface area contributed by atoms with Gasteiger partial charge in [-0.05, 0) is 67.0 Å². The van der Waals surface area contributed by atoms with Crippen LogP contribution in [0.15, 0.2) is 109 Å². The van der Waals surface area contributed by atoms with Gasteiger partial charge in [0.05, 0.1) is 12.0 Å². The average Bonchev–Trinajstić information content (AvgIpc) is 3.04. The Bertz CT molecular complexity index is 1350. The third-order valence-corrected chi connectivity index (χ3v) is 7.47. The number of nitrogens with zero attached hydrogens (tertiary/aromatic N) is 1. The SMILES string of the molecule is C=C1/C=C\C(NC(=O)[C@H]2CCCN(C(=O)c3cccc4ccccc34)[C@H]2c2ccccc2)=C/CCCC1. The van der Waals surface area contributed by atoms with Gasteiger partial charge in [0.1, 0.15) is 0 Å². The second-order valence-corrected chi connectivity index (χ2v) is 10.0. The van der Waals surface area contributed by atoms with Crippen LogP contribution in [0, 0.1) is 5.92 Å². The molecule has 1 aliphatic carbocycles. The summed E-state index contributed by atoms with van der Waals surface area (Å²) in [6.45, 7) is 4.74. The molecule has 1 N–H and O–H groups in total. The number of benzene rings is 3. The van der Waals surface area contributed by atoms with Crippen molar-refractivity contribution in [2.75, 3.05) is 6.54 Å². The van der Waals surface area contributed by atoms with Crippen LogP contribution in [0.2, 0.25) is 0 Å². The first-order valence-electron chi connectivity index (χ1n) is 13.3. The molecule has 1 aliphatic heterocycles. The maximum absolute atomic E-state index is 14.1. The Balaban J connectivity index is 1.48. The molecule has 0 saturated carbocycles. The number of carbonyl (C=O) groups excluding carboxylic acids is 2. The maximum atomic E-state index is 14.1. The lowest BCUT2D eigenvalue weighted by Gasteiger charge is -2.41. The number of likely N-dealkylation sites (tertiary alicyclic amines) is 1. The van der Waals surface area contributed by atoms with Crippen molar-refractivity contribution < 1.29 is 9.59 Å². The van der Waals surface area contributed by atoms with Crippen LogP contribution in [-0.2, 0) is 4.79 Å². The molecule has 0 radical (unpaired) electrons. The zero-order valence-corrected chi connectivity index (χ0v) is 21.2. The molecule has 3 aromatic rings. The molecular weight excluding hydrogens is 456 g/mol. The molecule has 0 spiro atoms. The number of carbonyl (C=O) groups is 2. The summed E-state index contributed by atoms with van der Waals surface area (Å²) in [6.07, 6.45) is 11.7. The smallest absolute Gasteiger partial charge is 0.255 e. The summed E-state index contributed by atoms with van der Waals surface area (Å²) in [5, 5.41) is 5.17. The highest BCUT2D eigenvalue weighted by Crippen LogP contribution is 2.38. The predicted octanol–water partition coefficient (Wildman–Crippen LogP) is 7.12. The lowest BCUT2D eigenvalue weighted by molar-refractivity contribution is -0.127. The molecule has 2 aliphatic rings. The molecule has 0 bridgehead atoms. The Morgan fingerprint density at radius 3 is 2.51 bits per heavy atom. The van der Waals surface area contributed by atoms with Crippen LogP contribution < -0.4 is 5.32 Å². The molecule has 2 atom stereocenters. The number of amides is 2. The van der Waals surface area contributed by atoms with E-state index in [9.17, 15) is 9.59 Å². The Labute approximate surface area is 219 Å². The van der Waals surface area contributed by atoms with Crippen LogP contribution in [-0.4, -0.2) is 23.3 Å². The van der Waals surface area contributed by atoms with Crippen LogP contribution in [0.4, 0.5) is 0 Å². The lowest BCUT2D eigenvalue weighted by Crippen LogP contribution is -2.47. The minimum Gasteiger partial charge on any atom is -0.331 e. The Hall–Kier alpha value is -3.92. The molecule has 5 rings (SSSR count). The molecule has 3 aromatic carbocycles. The summed E-state index contributed by atoms with van der Waals surface area (Å²) in [4.78, 5) is 29.8. The van der Waals surface area contributed by atoms with Gasteiger partial charge >= 0.3 is 0 Å². The van der Waals surface area contributed by atoms with Gasteiger partial charge in [-0.2, -0.15) is 0 Å². The molecule has 1 fully saturated rings. The number of rotatable bonds is 4. The minimum atomic E-state index is -0.347. The highest BCUT2D eigenvalue weighted by atomic mass is 16.2. The fraction of sp³-hybridized carbons (Fsp3) is 0.273. The van der Waals surface area contributed by atoms with Gasteiger partial charge in [-0.25, -0.2) is 0 Å². The topological polar surface area (TPSA) is 49.4 Å². The first-order chi connectivity index (χ1) is 18.1. The molecule has 0 unspecified atom stereocenters. The van der Waals surface area contributed by atoms with Gasteiger partial charge in [-0.1, -0.05) is 91.0 Å². The van der Waals surface area contributed by atoms with Crippen molar-refractivity contribution in [2.24, 2.45) is 5.92 Å². The molecule has 1 heterocycles. The quantitative estimate of drug-likeness (QED) is 0.423. The summed E-state index contributed by atoms with van der Waals surface area (Å²) < 4.78 is 0. The first-order valence-corrected chi connectivity index (χ1v) is 13.3. The van der Waals surface area contributed by atoms with Crippen LogP contribution in [0.1, 0.15) is 60.5 Å². The third-order valence-electron chi connectivity index (χ3n) is 7.47. The maximum Gasteiger partial charge on any atom is 0.255 e. The van der Waals surface area contributed by atoms with E-state index in [2.05, 4.69) is 18.0 Å². The molecule has 188 valence electrons. The molecule has 2 amide bonds. The summed E-state index contributed by atoms with van der Waals surface area (Å²) in [5.41, 5.74) is 3.56. The van der Waals surface area contributed by atoms with Crippen molar-refractivity contribution >= 4 is 22.6 Å². The van der Waals surface area contributed by atoms with Crippen molar-refractivity contribution in [2.45, 2.75) is 44.6 Å². The average molecular weight is 491 g/mol. The molecule has 0 aromatic heterocycles. The Kier molecular flexibility index (Phi) is 7.65. The lowest BCUT2D eigenvalue weighted by atomic mass is 9.83. The zero-order valence-electron chi connectivity index (χ0n) is 21.2. The third kappa shape index (κ3) is 5.59. The normalized spacial score (nSPS) is 22.8. The van der Waals surface area contributed by atoms with E-state index in [4.69, 9.17) is 0 Å². The minimum absolute atomic E-state index is 0.0268.